The van der Waals surface area contributed by atoms with Crippen LogP contribution in [-0.4, -0.2) is 24.0 Å². The minimum atomic E-state index is -0.392. The number of nitrogens with zero attached hydrogens (tertiary/aromatic N) is 2. The summed E-state index contributed by atoms with van der Waals surface area (Å²) < 4.78 is 6.35. The lowest BCUT2D eigenvalue weighted by Crippen LogP contribution is -2.18. The van der Waals surface area contributed by atoms with Crippen LogP contribution in [0.25, 0.3) is 0 Å². The van der Waals surface area contributed by atoms with Gasteiger partial charge in [-0.2, -0.15) is 0 Å². The van der Waals surface area contributed by atoms with Crippen LogP contribution in [0.1, 0.15) is 11.1 Å². The van der Waals surface area contributed by atoms with Crippen LogP contribution >= 0.6 is 15.9 Å². The van der Waals surface area contributed by atoms with Crippen molar-refractivity contribution in [2.24, 2.45) is 0 Å². The Morgan fingerprint density at radius 3 is 2.50 bits per heavy atom. The number of hydrogen-bond donors (Lipinski definition) is 0. The van der Waals surface area contributed by atoms with E-state index in [0.717, 1.165) is 22.1 Å². The summed E-state index contributed by atoms with van der Waals surface area (Å²) in [5.41, 5.74) is 2.03. The first-order valence-corrected chi connectivity index (χ1v) is 7.54. The Kier molecular flexibility index (Phi) is 5.51. The molecule has 0 saturated heterocycles. The Morgan fingerprint density at radius 1 is 1.18 bits per heavy atom. The van der Waals surface area contributed by atoms with Crippen LogP contribution < -0.4 is 4.74 Å². The van der Waals surface area contributed by atoms with Crippen LogP contribution in [-0.2, 0) is 13.1 Å². The van der Waals surface area contributed by atoms with E-state index in [1.165, 1.54) is 6.07 Å². The molecule has 116 valence electrons. The van der Waals surface area contributed by atoms with Crippen LogP contribution in [0.5, 0.6) is 5.75 Å². The fourth-order valence-corrected chi connectivity index (χ4v) is 2.68. The maximum atomic E-state index is 10.9. The van der Waals surface area contributed by atoms with E-state index in [-0.39, 0.29) is 5.69 Å². The van der Waals surface area contributed by atoms with Crippen LogP contribution in [0.2, 0.25) is 0 Å². The smallest absolute Gasteiger partial charge is 0.270 e. The Labute approximate surface area is 137 Å². The Balaban J connectivity index is 2.17. The highest BCUT2D eigenvalue weighted by Gasteiger charge is 2.13. The normalized spacial score (nSPS) is 10.7. The van der Waals surface area contributed by atoms with Gasteiger partial charge in [0.25, 0.3) is 5.69 Å². The lowest BCUT2D eigenvalue weighted by atomic mass is 10.1. The molecule has 22 heavy (non-hydrogen) atoms. The van der Waals surface area contributed by atoms with Gasteiger partial charge in [-0.1, -0.05) is 34.1 Å². The molecule has 0 heterocycles. The van der Waals surface area contributed by atoms with Crippen molar-refractivity contribution < 1.29 is 9.66 Å². The summed E-state index contributed by atoms with van der Waals surface area (Å²) in [6, 6.07) is 12.7. The molecule has 5 nitrogen and oxygen atoms in total. The van der Waals surface area contributed by atoms with Crippen molar-refractivity contribution in [3.63, 3.8) is 0 Å². The van der Waals surface area contributed by atoms with Gasteiger partial charge < -0.3 is 4.74 Å². The summed E-state index contributed by atoms with van der Waals surface area (Å²) in [4.78, 5) is 12.6. The first-order chi connectivity index (χ1) is 10.5. The molecule has 2 aromatic rings. The van der Waals surface area contributed by atoms with Gasteiger partial charge in [-0.05, 0) is 24.7 Å². The number of halogens is 1. The van der Waals surface area contributed by atoms with Gasteiger partial charge in [0.2, 0.25) is 0 Å². The SMILES string of the molecule is COc1ccc([N+](=O)[O-])cc1CN(C)Cc1ccccc1Br. The second-order valence-electron chi connectivity index (χ2n) is 5.02. The van der Waals surface area contributed by atoms with E-state index < -0.39 is 4.92 Å². The summed E-state index contributed by atoms with van der Waals surface area (Å²) in [6.07, 6.45) is 0. The predicted molar refractivity (Wildman–Crippen MR) is 89.0 cm³/mol. The lowest BCUT2D eigenvalue weighted by molar-refractivity contribution is -0.384. The second-order valence-corrected chi connectivity index (χ2v) is 5.87. The van der Waals surface area contributed by atoms with E-state index >= 15 is 0 Å². The van der Waals surface area contributed by atoms with E-state index in [4.69, 9.17) is 4.74 Å². The maximum absolute atomic E-state index is 10.9. The summed E-state index contributed by atoms with van der Waals surface area (Å²) in [5, 5.41) is 10.9. The van der Waals surface area contributed by atoms with Crippen molar-refractivity contribution in [2.75, 3.05) is 14.2 Å². The highest BCUT2D eigenvalue weighted by molar-refractivity contribution is 9.10. The number of nitro groups is 1. The van der Waals surface area contributed by atoms with Gasteiger partial charge in [-0.15, -0.1) is 0 Å². The Morgan fingerprint density at radius 2 is 1.86 bits per heavy atom. The summed E-state index contributed by atoms with van der Waals surface area (Å²) in [5.74, 6) is 0.657. The molecule has 0 fully saturated rings. The van der Waals surface area contributed by atoms with Crippen molar-refractivity contribution in [3.8, 4) is 5.75 Å². The molecule has 0 bridgehead atoms. The van der Waals surface area contributed by atoms with Gasteiger partial charge >= 0.3 is 0 Å². The van der Waals surface area contributed by atoms with Crippen molar-refractivity contribution in [1.82, 2.24) is 4.90 Å². The van der Waals surface area contributed by atoms with Gasteiger partial charge in [-0.25, -0.2) is 0 Å². The molecule has 0 N–H and O–H groups in total. The number of methoxy groups -OCH3 is 1. The molecular formula is C16H17BrN2O3. The average Bonchev–Trinajstić information content (AvgIpc) is 2.49. The van der Waals surface area contributed by atoms with Gasteiger partial charge in [0, 0.05) is 35.3 Å². The number of benzene rings is 2. The van der Waals surface area contributed by atoms with E-state index in [9.17, 15) is 10.1 Å². The van der Waals surface area contributed by atoms with Crippen molar-refractivity contribution in [3.05, 3.63) is 68.2 Å². The third kappa shape index (κ3) is 4.05. The molecular weight excluding hydrogens is 348 g/mol. The van der Waals surface area contributed by atoms with E-state index in [0.29, 0.717) is 12.3 Å². The third-order valence-electron chi connectivity index (χ3n) is 3.31. The van der Waals surface area contributed by atoms with Crippen molar-refractivity contribution in [2.45, 2.75) is 13.1 Å². The zero-order chi connectivity index (χ0) is 16.1. The molecule has 0 aliphatic rings. The first kappa shape index (κ1) is 16.5. The molecule has 2 rings (SSSR count). The molecule has 0 radical (unpaired) electrons. The zero-order valence-corrected chi connectivity index (χ0v) is 14.0. The predicted octanol–water partition coefficient (Wildman–Crippen LogP) is 4.00. The standard InChI is InChI=1S/C16H17BrN2O3/c1-18(10-12-5-3-4-6-15(12)17)11-13-9-14(19(20)21)7-8-16(13)22-2/h3-9H,10-11H2,1-2H3. The van der Waals surface area contributed by atoms with Gasteiger partial charge in [0.15, 0.2) is 0 Å². The zero-order valence-electron chi connectivity index (χ0n) is 12.5. The number of nitro benzene ring substituents is 1. The molecule has 0 aromatic heterocycles. The summed E-state index contributed by atoms with van der Waals surface area (Å²) in [6.45, 7) is 1.29. The van der Waals surface area contributed by atoms with Crippen LogP contribution in [0.15, 0.2) is 46.9 Å². The molecule has 0 amide bonds. The van der Waals surface area contributed by atoms with E-state index in [1.807, 2.05) is 31.3 Å². The number of rotatable bonds is 6. The topological polar surface area (TPSA) is 55.6 Å². The third-order valence-corrected chi connectivity index (χ3v) is 4.09. The summed E-state index contributed by atoms with van der Waals surface area (Å²) in [7, 11) is 3.54. The van der Waals surface area contributed by atoms with Crippen LogP contribution in [0.3, 0.4) is 0 Å². The van der Waals surface area contributed by atoms with Gasteiger partial charge in [-0.3, -0.25) is 15.0 Å². The fourth-order valence-electron chi connectivity index (χ4n) is 2.27. The average molecular weight is 365 g/mol. The molecule has 0 saturated carbocycles. The molecule has 0 aliphatic heterocycles. The minimum Gasteiger partial charge on any atom is -0.496 e. The van der Waals surface area contributed by atoms with Crippen molar-refractivity contribution in [1.29, 1.82) is 0 Å². The maximum Gasteiger partial charge on any atom is 0.270 e. The fraction of sp³-hybridized carbons (Fsp3) is 0.250. The molecule has 0 aliphatic carbocycles. The van der Waals surface area contributed by atoms with Gasteiger partial charge in [0.05, 0.1) is 12.0 Å². The molecule has 0 unspecified atom stereocenters. The largest absolute Gasteiger partial charge is 0.496 e. The highest BCUT2D eigenvalue weighted by Crippen LogP contribution is 2.26. The number of hydrogen-bond acceptors (Lipinski definition) is 4. The molecule has 0 spiro atoms. The first-order valence-electron chi connectivity index (χ1n) is 6.74. The quantitative estimate of drug-likeness (QED) is 0.574. The monoisotopic (exact) mass is 364 g/mol. The van der Waals surface area contributed by atoms with E-state index in [2.05, 4.69) is 20.8 Å². The lowest BCUT2D eigenvalue weighted by Gasteiger charge is -2.19. The number of non-ortho nitro benzene ring substituents is 1. The van der Waals surface area contributed by atoms with Gasteiger partial charge in [0.1, 0.15) is 5.75 Å². The van der Waals surface area contributed by atoms with E-state index in [1.54, 1.807) is 19.2 Å². The number of ether oxygens (including phenoxy) is 1. The Hall–Kier alpha value is -1.92. The van der Waals surface area contributed by atoms with Crippen molar-refractivity contribution >= 4 is 21.6 Å². The van der Waals surface area contributed by atoms with Crippen LogP contribution in [0, 0.1) is 10.1 Å². The van der Waals surface area contributed by atoms with Crippen LogP contribution in [0.4, 0.5) is 5.69 Å². The molecule has 0 atom stereocenters. The summed E-state index contributed by atoms with van der Waals surface area (Å²) >= 11 is 3.53. The highest BCUT2D eigenvalue weighted by atomic mass is 79.9. The Bertz CT molecular complexity index is 676. The molecule has 2 aromatic carbocycles. The molecule has 6 heteroatoms. The second kappa shape index (κ2) is 7.38. The minimum absolute atomic E-state index is 0.0742.